The molecule has 2 aromatic carbocycles. The maximum absolute atomic E-state index is 12.3. The molecular formula is C21H21ClN2O4. The molecule has 0 aliphatic carbocycles. The van der Waals surface area contributed by atoms with Crippen molar-refractivity contribution in [2.75, 3.05) is 18.1 Å². The first-order valence-corrected chi connectivity index (χ1v) is 9.38. The van der Waals surface area contributed by atoms with Crippen molar-refractivity contribution in [3.05, 3.63) is 65.2 Å². The summed E-state index contributed by atoms with van der Waals surface area (Å²) >= 11 is 5.97. The summed E-state index contributed by atoms with van der Waals surface area (Å²) < 4.78 is 5.12. The quantitative estimate of drug-likeness (QED) is 0.756. The molecule has 1 fully saturated rings. The highest BCUT2D eigenvalue weighted by molar-refractivity contribution is 6.31. The SMILES string of the molecule is C[C@@H](NC(=O)COC(=O)[C@@H]1CC(=O)N(c2cccc(Cl)c2)C1)c1ccccc1. The van der Waals surface area contributed by atoms with Crippen molar-refractivity contribution in [3.8, 4) is 0 Å². The zero-order valence-corrected chi connectivity index (χ0v) is 16.2. The highest BCUT2D eigenvalue weighted by atomic mass is 35.5. The molecule has 28 heavy (non-hydrogen) atoms. The first kappa shape index (κ1) is 19.9. The van der Waals surface area contributed by atoms with Crippen molar-refractivity contribution in [1.29, 1.82) is 0 Å². The molecule has 7 heteroatoms. The summed E-state index contributed by atoms with van der Waals surface area (Å²) in [7, 11) is 0. The van der Waals surface area contributed by atoms with Gasteiger partial charge in [-0.05, 0) is 30.7 Å². The van der Waals surface area contributed by atoms with Crippen LogP contribution in [0.25, 0.3) is 0 Å². The van der Waals surface area contributed by atoms with Crippen LogP contribution in [0.15, 0.2) is 54.6 Å². The number of rotatable bonds is 6. The van der Waals surface area contributed by atoms with E-state index in [9.17, 15) is 14.4 Å². The molecule has 3 rings (SSSR count). The van der Waals surface area contributed by atoms with E-state index in [-0.39, 0.29) is 37.4 Å². The van der Waals surface area contributed by atoms with Crippen LogP contribution in [0, 0.1) is 5.92 Å². The zero-order valence-electron chi connectivity index (χ0n) is 15.4. The predicted octanol–water partition coefficient (Wildman–Crippen LogP) is 3.11. The van der Waals surface area contributed by atoms with Gasteiger partial charge in [-0.2, -0.15) is 0 Å². The molecule has 2 atom stereocenters. The van der Waals surface area contributed by atoms with Crippen molar-refractivity contribution < 1.29 is 19.1 Å². The highest BCUT2D eigenvalue weighted by Gasteiger charge is 2.36. The summed E-state index contributed by atoms with van der Waals surface area (Å²) in [4.78, 5) is 38.1. The van der Waals surface area contributed by atoms with Gasteiger partial charge in [0.05, 0.1) is 12.0 Å². The number of hydrogen-bond acceptors (Lipinski definition) is 4. The fourth-order valence-electron chi connectivity index (χ4n) is 3.12. The van der Waals surface area contributed by atoms with Gasteiger partial charge in [-0.15, -0.1) is 0 Å². The predicted molar refractivity (Wildman–Crippen MR) is 106 cm³/mol. The van der Waals surface area contributed by atoms with Gasteiger partial charge in [0.15, 0.2) is 6.61 Å². The van der Waals surface area contributed by atoms with E-state index in [4.69, 9.17) is 16.3 Å². The van der Waals surface area contributed by atoms with Gasteiger partial charge < -0.3 is 15.0 Å². The number of carbonyl (C=O) groups excluding carboxylic acids is 3. The Hall–Kier alpha value is -2.86. The Morgan fingerprint density at radius 1 is 1.21 bits per heavy atom. The van der Waals surface area contributed by atoms with Gasteiger partial charge in [-0.1, -0.05) is 48.0 Å². The number of carbonyl (C=O) groups is 3. The van der Waals surface area contributed by atoms with Crippen molar-refractivity contribution in [2.24, 2.45) is 5.92 Å². The fraction of sp³-hybridized carbons (Fsp3) is 0.286. The lowest BCUT2D eigenvalue weighted by atomic mass is 10.1. The van der Waals surface area contributed by atoms with E-state index in [0.29, 0.717) is 10.7 Å². The van der Waals surface area contributed by atoms with Crippen LogP contribution in [-0.4, -0.2) is 30.9 Å². The average molecular weight is 401 g/mol. The van der Waals surface area contributed by atoms with E-state index in [2.05, 4.69) is 5.32 Å². The average Bonchev–Trinajstić information content (AvgIpc) is 3.08. The van der Waals surface area contributed by atoms with Gasteiger partial charge in [-0.25, -0.2) is 0 Å². The summed E-state index contributed by atoms with van der Waals surface area (Å²) in [6, 6.07) is 16.2. The third-order valence-corrected chi connectivity index (χ3v) is 4.84. The Bertz CT molecular complexity index is 872. The molecule has 1 aliphatic heterocycles. The number of benzene rings is 2. The second-order valence-corrected chi connectivity index (χ2v) is 7.13. The number of nitrogens with one attached hydrogen (secondary N) is 1. The van der Waals surface area contributed by atoms with Crippen LogP contribution in [0.1, 0.15) is 24.9 Å². The molecule has 0 saturated carbocycles. The van der Waals surface area contributed by atoms with Crippen LogP contribution < -0.4 is 10.2 Å². The van der Waals surface area contributed by atoms with Gasteiger partial charge >= 0.3 is 5.97 Å². The lowest BCUT2D eigenvalue weighted by Gasteiger charge is -2.17. The second kappa shape index (κ2) is 8.89. The lowest BCUT2D eigenvalue weighted by Crippen LogP contribution is -2.32. The van der Waals surface area contributed by atoms with E-state index in [0.717, 1.165) is 5.56 Å². The molecule has 146 valence electrons. The summed E-state index contributed by atoms with van der Waals surface area (Å²) in [5, 5.41) is 3.30. The van der Waals surface area contributed by atoms with Gasteiger partial charge in [-0.3, -0.25) is 14.4 Å². The molecule has 0 radical (unpaired) electrons. The minimum atomic E-state index is -0.606. The van der Waals surface area contributed by atoms with Crippen molar-refractivity contribution >= 4 is 35.1 Å². The number of hydrogen-bond donors (Lipinski definition) is 1. The third-order valence-electron chi connectivity index (χ3n) is 4.60. The van der Waals surface area contributed by atoms with Crippen molar-refractivity contribution in [2.45, 2.75) is 19.4 Å². The standard InChI is InChI=1S/C21H21ClN2O4/c1-14(15-6-3-2-4-7-15)23-19(25)13-28-21(27)16-10-20(26)24(12-16)18-9-5-8-17(22)11-18/h2-9,11,14,16H,10,12-13H2,1H3,(H,23,25)/t14-,16-/m1/s1. The maximum Gasteiger partial charge on any atom is 0.311 e. The van der Waals surface area contributed by atoms with Crippen LogP contribution >= 0.6 is 11.6 Å². The highest BCUT2D eigenvalue weighted by Crippen LogP contribution is 2.27. The molecule has 1 heterocycles. The largest absolute Gasteiger partial charge is 0.455 e. The Morgan fingerprint density at radius 3 is 2.68 bits per heavy atom. The zero-order chi connectivity index (χ0) is 20.1. The minimum absolute atomic E-state index is 0.0490. The number of amides is 2. The Kier molecular flexibility index (Phi) is 6.31. The second-order valence-electron chi connectivity index (χ2n) is 6.69. The van der Waals surface area contributed by atoms with Gasteiger partial charge in [0, 0.05) is 23.7 Å². The molecule has 0 bridgehead atoms. The molecule has 2 amide bonds. The van der Waals surface area contributed by atoms with E-state index < -0.39 is 11.9 Å². The summed E-state index contributed by atoms with van der Waals surface area (Å²) in [5.74, 6) is -1.72. The molecule has 1 aliphatic rings. The molecule has 1 saturated heterocycles. The molecule has 2 aromatic rings. The van der Waals surface area contributed by atoms with Crippen LogP contribution in [0.3, 0.4) is 0 Å². The number of nitrogens with zero attached hydrogens (tertiary/aromatic N) is 1. The van der Waals surface area contributed by atoms with Gasteiger partial charge in [0.2, 0.25) is 5.91 Å². The summed E-state index contributed by atoms with van der Waals surface area (Å²) in [6.07, 6.45) is 0.0490. The summed E-state index contributed by atoms with van der Waals surface area (Å²) in [6.45, 7) is 1.69. The third kappa shape index (κ3) is 4.89. The van der Waals surface area contributed by atoms with Crippen LogP contribution in [0.4, 0.5) is 5.69 Å². The summed E-state index contributed by atoms with van der Waals surface area (Å²) in [5.41, 5.74) is 1.60. The van der Waals surface area contributed by atoms with E-state index in [1.54, 1.807) is 24.3 Å². The van der Waals surface area contributed by atoms with Crippen LogP contribution in [0.2, 0.25) is 5.02 Å². The molecule has 0 aromatic heterocycles. The smallest absolute Gasteiger partial charge is 0.311 e. The number of esters is 1. The topological polar surface area (TPSA) is 75.7 Å². The Morgan fingerprint density at radius 2 is 1.96 bits per heavy atom. The first-order chi connectivity index (χ1) is 13.4. The monoisotopic (exact) mass is 400 g/mol. The molecule has 1 N–H and O–H groups in total. The molecule has 6 nitrogen and oxygen atoms in total. The van der Waals surface area contributed by atoms with Gasteiger partial charge in [0.1, 0.15) is 0 Å². The maximum atomic E-state index is 12.3. The number of anilines is 1. The Balaban J connectivity index is 1.50. The molecule has 0 spiro atoms. The normalized spacial score (nSPS) is 17.3. The van der Waals surface area contributed by atoms with Crippen molar-refractivity contribution in [3.63, 3.8) is 0 Å². The van der Waals surface area contributed by atoms with E-state index >= 15 is 0 Å². The molecular weight excluding hydrogens is 380 g/mol. The fourth-order valence-corrected chi connectivity index (χ4v) is 3.31. The van der Waals surface area contributed by atoms with E-state index in [1.165, 1.54) is 4.90 Å². The van der Waals surface area contributed by atoms with Crippen molar-refractivity contribution in [1.82, 2.24) is 5.32 Å². The number of ether oxygens (including phenoxy) is 1. The van der Waals surface area contributed by atoms with E-state index in [1.807, 2.05) is 37.3 Å². The first-order valence-electron chi connectivity index (χ1n) is 9.01. The minimum Gasteiger partial charge on any atom is -0.455 e. The lowest BCUT2D eigenvalue weighted by molar-refractivity contribution is -0.152. The Labute approximate surface area is 168 Å². The number of halogens is 1. The van der Waals surface area contributed by atoms with Crippen LogP contribution in [0.5, 0.6) is 0 Å². The van der Waals surface area contributed by atoms with Crippen LogP contribution in [-0.2, 0) is 19.1 Å². The van der Waals surface area contributed by atoms with Gasteiger partial charge in [0.25, 0.3) is 5.91 Å². The molecule has 0 unspecified atom stereocenters.